The van der Waals surface area contributed by atoms with Crippen molar-refractivity contribution in [3.05, 3.63) is 35.9 Å². The molecule has 0 aliphatic heterocycles. The number of rotatable bonds is 4. The molecule has 1 aliphatic carbocycles. The zero-order valence-electron chi connectivity index (χ0n) is 10.7. The van der Waals surface area contributed by atoms with Crippen molar-refractivity contribution in [1.29, 1.82) is 5.26 Å². The molecule has 1 atom stereocenters. The Kier molecular flexibility index (Phi) is 3.11. The van der Waals surface area contributed by atoms with E-state index in [2.05, 4.69) is 37.8 Å². The molecule has 0 unspecified atom stereocenters. The summed E-state index contributed by atoms with van der Waals surface area (Å²) >= 11 is 0. The molecule has 0 bridgehead atoms. The molecule has 2 rings (SSSR count). The Bertz CT molecular complexity index is 426. The summed E-state index contributed by atoms with van der Waals surface area (Å²) in [7, 11) is -1.64. The SMILES string of the molecule is C[Si](C)(C)O[C@@H](c1ccccc1)C1(C#N)CC1. The van der Waals surface area contributed by atoms with Crippen molar-refractivity contribution in [2.24, 2.45) is 5.41 Å². The van der Waals surface area contributed by atoms with Gasteiger partial charge in [-0.1, -0.05) is 30.3 Å². The summed E-state index contributed by atoms with van der Waals surface area (Å²) in [6.07, 6.45) is 1.89. The average Bonchev–Trinajstić information content (AvgIpc) is 3.07. The van der Waals surface area contributed by atoms with E-state index in [1.54, 1.807) is 0 Å². The largest absolute Gasteiger partial charge is 0.409 e. The van der Waals surface area contributed by atoms with Gasteiger partial charge in [0.05, 0.1) is 17.6 Å². The molecule has 0 spiro atoms. The van der Waals surface area contributed by atoms with Gasteiger partial charge in [-0.05, 0) is 38.0 Å². The Morgan fingerprint density at radius 1 is 1.24 bits per heavy atom. The second-order valence-electron chi connectivity index (χ2n) is 5.79. The van der Waals surface area contributed by atoms with Gasteiger partial charge in [-0.15, -0.1) is 0 Å². The lowest BCUT2D eigenvalue weighted by atomic mass is 9.94. The highest BCUT2D eigenvalue weighted by Crippen LogP contribution is 2.56. The summed E-state index contributed by atoms with van der Waals surface area (Å²) in [5.74, 6) is 0. The predicted octanol–water partition coefficient (Wildman–Crippen LogP) is 3.88. The van der Waals surface area contributed by atoms with Crippen molar-refractivity contribution in [2.75, 3.05) is 0 Å². The van der Waals surface area contributed by atoms with Gasteiger partial charge in [-0.3, -0.25) is 0 Å². The lowest BCUT2D eigenvalue weighted by Crippen LogP contribution is -2.31. The van der Waals surface area contributed by atoms with E-state index in [0.717, 1.165) is 18.4 Å². The van der Waals surface area contributed by atoms with Crippen LogP contribution in [-0.4, -0.2) is 8.32 Å². The first-order valence-electron chi connectivity index (χ1n) is 6.11. The molecular weight excluding hydrogens is 226 g/mol. The van der Waals surface area contributed by atoms with E-state index in [1.807, 2.05) is 18.2 Å². The highest BCUT2D eigenvalue weighted by Gasteiger charge is 2.52. The van der Waals surface area contributed by atoms with E-state index in [0.29, 0.717) is 0 Å². The van der Waals surface area contributed by atoms with E-state index >= 15 is 0 Å². The van der Waals surface area contributed by atoms with Crippen LogP contribution in [0.5, 0.6) is 0 Å². The number of nitrogens with zero attached hydrogens (tertiary/aromatic N) is 1. The number of nitriles is 1. The molecule has 17 heavy (non-hydrogen) atoms. The normalized spacial score (nSPS) is 19.4. The third kappa shape index (κ3) is 2.77. The topological polar surface area (TPSA) is 33.0 Å². The van der Waals surface area contributed by atoms with E-state index in [9.17, 15) is 5.26 Å². The summed E-state index contributed by atoms with van der Waals surface area (Å²) in [5.41, 5.74) is 0.885. The Morgan fingerprint density at radius 2 is 1.82 bits per heavy atom. The van der Waals surface area contributed by atoms with Crippen LogP contribution in [0.25, 0.3) is 0 Å². The average molecular weight is 245 g/mol. The molecule has 0 amide bonds. The second-order valence-corrected chi connectivity index (χ2v) is 10.2. The molecule has 90 valence electrons. The van der Waals surface area contributed by atoms with Crippen LogP contribution in [-0.2, 0) is 4.43 Å². The van der Waals surface area contributed by atoms with Gasteiger partial charge in [0.25, 0.3) is 0 Å². The fourth-order valence-electron chi connectivity index (χ4n) is 2.05. The molecule has 0 N–H and O–H groups in total. The minimum Gasteiger partial charge on any atom is -0.409 e. The van der Waals surface area contributed by atoms with Crippen LogP contribution in [0.1, 0.15) is 24.5 Å². The maximum absolute atomic E-state index is 9.37. The lowest BCUT2D eigenvalue weighted by molar-refractivity contribution is 0.142. The number of hydrogen-bond donors (Lipinski definition) is 0. The standard InChI is InChI=1S/C14H19NOSi/c1-17(2,3)16-13(14(11-15)9-10-14)12-7-5-4-6-8-12/h4-8,13H,9-10H2,1-3H3/t13-/m0/s1. The molecule has 0 saturated heterocycles. The molecule has 1 aliphatic rings. The van der Waals surface area contributed by atoms with Crippen molar-refractivity contribution < 1.29 is 4.43 Å². The van der Waals surface area contributed by atoms with E-state index < -0.39 is 8.32 Å². The van der Waals surface area contributed by atoms with Crippen LogP contribution in [0.3, 0.4) is 0 Å². The van der Waals surface area contributed by atoms with Crippen LogP contribution in [0.4, 0.5) is 0 Å². The van der Waals surface area contributed by atoms with Crippen LogP contribution < -0.4 is 0 Å². The van der Waals surface area contributed by atoms with E-state index in [1.165, 1.54) is 0 Å². The summed E-state index contributed by atoms with van der Waals surface area (Å²) < 4.78 is 6.26. The zero-order chi connectivity index (χ0) is 12.5. The minimum atomic E-state index is -1.64. The monoisotopic (exact) mass is 245 g/mol. The first-order chi connectivity index (χ1) is 7.97. The molecule has 3 heteroatoms. The van der Waals surface area contributed by atoms with Crippen molar-refractivity contribution in [3.8, 4) is 6.07 Å². The Labute approximate surface area is 104 Å². The molecule has 1 aromatic carbocycles. The van der Waals surface area contributed by atoms with Crippen molar-refractivity contribution >= 4 is 8.32 Å². The van der Waals surface area contributed by atoms with Gasteiger partial charge in [0, 0.05) is 0 Å². The first kappa shape index (κ1) is 12.3. The molecular formula is C14H19NOSi. The van der Waals surface area contributed by atoms with E-state index in [-0.39, 0.29) is 11.5 Å². The van der Waals surface area contributed by atoms with Crippen LogP contribution in [0.15, 0.2) is 30.3 Å². The predicted molar refractivity (Wildman–Crippen MR) is 70.9 cm³/mol. The smallest absolute Gasteiger partial charge is 0.184 e. The van der Waals surface area contributed by atoms with Crippen molar-refractivity contribution in [1.82, 2.24) is 0 Å². The fourth-order valence-corrected chi connectivity index (χ4v) is 3.12. The van der Waals surface area contributed by atoms with Crippen LogP contribution in [0.2, 0.25) is 19.6 Å². The summed E-state index contributed by atoms with van der Waals surface area (Å²) in [5, 5.41) is 9.37. The minimum absolute atomic E-state index is 0.0413. The van der Waals surface area contributed by atoms with Gasteiger partial charge in [-0.2, -0.15) is 5.26 Å². The Balaban J connectivity index is 2.30. The highest BCUT2D eigenvalue weighted by atomic mass is 28.4. The molecule has 1 saturated carbocycles. The molecule has 1 fully saturated rings. The fraction of sp³-hybridized carbons (Fsp3) is 0.500. The molecule has 0 aromatic heterocycles. The van der Waals surface area contributed by atoms with Crippen LogP contribution >= 0.6 is 0 Å². The quantitative estimate of drug-likeness (QED) is 0.754. The third-order valence-electron chi connectivity index (χ3n) is 3.09. The zero-order valence-corrected chi connectivity index (χ0v) is 11.7. The lowest BCUT2D eigenvalue weighted by Gasteiger charge is -2.30. The molecule has 2 nitrogen and oxygen atoms in total. The van der Waals surface area contributed by atoms with Gasteiger partial charge >= 0.3 is 0 Å². The Morgan fingerprint density at radius 3 is 2.24 bits per heavy atom. The summed E-state index contributed by atoms with van der Waals surface area (Å²) in [4.78, 5) is 0. The second kappa shape index (κ2) is 4.28. The summed E-state index contributed by atoms with van der Waals surface area (Å²) in [6.45, 7) is 6.53. The summed E-state index contributed by atoms with van der Waals surface area (Å²) in [6, 6.07) is 12.6. The number of hydrogen-bond acceptors (Lipinski definition) is 2. The van der Waals surface area contributed by atoms with Gasteiger partial charge in [0.15, 0.2) is 8.32 Å². The van der Waals surface area contributed by atoms with E-state index in [4.69, 9.17) is 4.43 Å². The molecule has 0 radical (unpaired) electrons. The van der Waals surface area contributed by atoms with Gasteiger partial charge in [0.2, 0.25) is 0 Å². The maximum Gasteiger partial charge on any atom is 0.184 e. The molecule has 0 heterocycles. The number of benzene rings is 1. The first-order valence-corrected chi connectivity index (χ1v) is 9.52. The maximum atomic E-state index is 9.37. The third-order valence-corrected chi connectivity index (χ3v) is 4.03. The van der Waals surface area contributed by atoms with Crippen molar-refractivity contribution in [2.45, 2.75) is 38.6 Å². The van der Waals surface area contributed by atoms with Crippen LogP contribution in [0, 0.1) is 16.7 Å². The van der Waals surface area contributed by atoms with Crippen molar-refractivity contribution in [3.63, 3.8) is 0 Å². The molecule has 1 aromatic rings. The van der Waals surface area contributed by atoms with Gasteiger partial charge in [-0.25, -0.2) is 0 Å². The highest BCUT2D eigenvalue weighted by molar-refractivity contribution is 6.69. The van der Waals surface area contributed by atoms with Gasteiger partial charge in [0.1, 0.15) is 0 Å². The Hall–Kier alpha value is -1.11. The van der Waals surface area contributed by atoms with Gasteiger partial charge < -0.3 is 4.43 Å².